The molecule has 0 radical (unpaired) electrons. The molecule has 1 aromatic rings. The molecule has 0 spiro atoms. The highest BCUT2D eigenvalue weighted by atomic mass is 35.5. The smallest absolute Gasteiger partial charge is 0.242 e. The Balaban J connectivity index is 2.83. The summed E-state index contributed by atoms with van der Waals surface area (Å²) in [7, 11) is 0. The normalized spacial score (nSPS) is 12.0. The number of ether oxygens (including phenoxy) is 1. The Morgan fingerprint density at radius 2 is 2.19 bits per heavy atom. The maximum Gasteiger partial charge on any atom is 0.242 e. The molecular formula is C12H16ClNO2. The van der Waals surface area contributed by atoms with E-state index in [-0.39, 0.29) is 5.91 Å². The van der Waals surface area contributed by atoms with Gasteiger partial charge in [0.15, 0.2) is 0 Å². The van der Waals surface area contributed by atoms with Crippen molar-refractivity contribution in [2.24, 2.45) is 0 Å². The van der Waals surface area contributed by atoms with E-state index in [2.05, 4.69) is 5.32 Å². The van der Waals surface area contributed by atoms with Crippen molar-refractivity contribution >= 4 is 23.2 Å². The maximum atomic E-state index is 11.4. The number of halogens is 1. The van der Waals surface area contributed by atoms with Crippen molar-refractivity contribution in [3.05, 3.63) is 23.8 Å². The predicted molar refractivity (Wildman–Crippen MR) is 66.3 cm³/mol. The second kappa shape index (κ2) is 5.75. The summed E-state index contributed by atoms with van der Waals surface area (Å²) in [6.45, 7) is 6.10. The van der Waals surface area contributed by atoms with Gasteiger partial charge in [-0.2, -0.15) is 0 Å². The molecule has 1 rings (SSSR count). The lowest BCUT2D eigenvalue weighted by atomic mass is 10.2. The first-order valence-electron chi connectivity index (χ1n) is 5.22. The molecule has 1 N–H and O–H groups in total. The minimum absolute atomic E-state index is 0.213. The predicted octanol–water partition coefficient (Wildman–Crippen LogP) is 2.96. The van der Waals surface area contributed by atoms with Gasteiger partial charge in [-0.3, -0.25) is 4.79 Å². The van der Waals surface area contributed by atoms with Crippen LogP contribution in [-0.2, 0) is 4.79 Å². The summed E-state index contributed by atoms with van der Waals surface area (Å²) in [6, 6.07) is 5.58. The van der Waals surface area contributed by atoms with E-state index in [0.717, 1.165) is 11.3 Å². The summed E-state index contributed by atoms with van der Waals surface area (Å²) in [5, 5.41) is 2.18. The highest BCUT2D eigenvalue weighted by molar-refractivity contribution is 6.32. The van der Waals surface area contributed by atoms with Gasteiger partial charge in [0.2, 0.25) is 5.91 Å². The topological polar surface area (TPSA) is 38.3 Å². The number of hydrogen-bond donors (Lipinski definition) is 1. The zero-order valence-electron chi connectivity index (χ0n) is 9.71. The van der Waals surface area contributed by atoms with Crippen molar-refractivity contribution in [1.29, 1.82) is 0 Å². The number of aryl methyl sites for hydroxylation is 1. The molecule has 0 aromatic heterocycles. The maximum absolute atomic E-state index is 11.4. The number of rotatable bonds is 4. The van der Waals surface area contributed by atoms with Crippen LogP contribution in [0.3, 0.4) is 0 Å². The molecular weight excluding hydrogens is 226 g/mol. The number of anilines is 1. The monoisotopic (exact) mass is 241 g/mol. The molecule has 0 saturated carbocycles. The molecule has 0 aliphatic rings. The van der Waals surface area contributed by atoms with Crippen LogP contribution in [0, 0.1) is 6.92 Å². The van der Waals surface area contributed by atoms with Gasteiger partial charge in [0, 0.05) is 11.8 Å². The lowest BCUT2D eigenvalue weighted by Gasteiger charge is -2.10. The average Bonchev–Trinajstić information content (AvgIpc) is 2.16. The molecule has 0 bridgehead atoms. The summed E-state index contributed by atoms with van der Waals surface area (Å²) < 4.78 is 5.39. The molecule has 4 heteroatoms. The number of amides is 1. The number of hydrogen-bond acceptors (Lipinski definition) is 2. The molecule has 1 unspecified atom stereocenters. The number of alkyl halides is 1. The van der Waals surface area contributed by atoms with Gasteiger partial charge in [0.05, 0.1) is 6.61 Å². The molecule has 0 fully saturated rings. The summed E-state index contributed by atoms with van der Waals surface area (Å²) >= 11 is 5.68. The van der Waals surface area contributed by atoms with Crippen LogP contribution in [0.1, 0.15) is 19.4 Å². The van der Waals surface area contributed by atoms with Gasteiger partial charge in [-0.15, -0.1) is 11.6 Å². The summed E-state index contributed by atoms with van der Waals surface area (Å²) in [4.78, 5) is 11.4. The Morgan fingerprint density at radius 1 is 1.50 bits per heavy atom. The Hall–Kier alpha value is -1.22. The minimum atomic E-state index is -0.545. The van der Waals surface area contributed by atoms with Gasteiger partial charge in [0.25, 0.3) is 0 Å². The van der Waals surface area contributed by atoms with Gasteiger partial charge in [-0.05, 0) is 38.5 Å². The Kier molecular flexibility index (Phi) is 4.62. The quantitative estimate of drug-likeness (QED) is 0.823. The molecule has 0 aliphatic carbocycles. The van der Waals surface area contributed by atoms with Crippen LogP contribution in [0.2, 0.25) is 0 Å². The molecule has 16 heavy (non-hydrogen) atoms. The number of nitrogens with one attached hydrogen (secondary N) is 1. The largest absolute Gasteiger partial charge is 0.494 e. The summed E-state index contributed by atoms with van der Waals surface area (Å²) in [5.41, 5.74) is 1.74. The van der Waals surface area contributed by atoms with Crippen LogP contribution in [0.5, 0.6) is 5.75 Å². The number of carbonyl (C=O) groups is 1. The highest BCUT2D eigenvalue weighted by Gasteiger charge is 2.09. The molecule has 88 valence electrons. The summed E-state index contributed by atoms with van der Waals surface area (Å²) in [5.74, 6) is 0.537. The van der Waals surface area contributed by atoms with E-state index in [0.29, 0.717) is 12.3 Å². The molecule has 1 amide bonds. The van der Waals surface area contributed by atoms with Gasteiger partial charge >= 0.3 is 0 Å². The zero-order valence-corrected chi connectivity index (χ0v) is 10.5. The lowest BCUT2D eigenvalue weighted by molar-refractivity contribution is -0.115. The van der Waals surface area contributed by atoms with Crippen LogP contribution >= 0.6 is 11.6 Å². The summed E-state index contributed by atoms with van der Waals surface area (Å²) in [6.07, 6.45) is 0. The SMILES string of the molecule is CCOc1cc(C)cc(NC(=O)C(C)Cl)c1. The van der Waals surface area contributed by atoms with Crippen molar-refractivity contribution in [1.82, 2.24) is 0 Å². The van der Waals surface area contributed by atoms with Crippen LogP contribution in [-0.4, -0.2) is 17.9 Å². The van der Waals surface area contributed by atoms with Crippen LogP contribution < -0.4 is 10.1 Å². The van der Waals surface area contributed by atoms with E-state index in [4.69, 9.17) is 16.3 Å². The Labute approximate surface area is 101 Å². The van der Waals surface area contributed by atoms with Crippen molar-refractivity contribution in [3.8, 4) is 5.75 Å². The second-order valence-electron chi connectivity index (χ2n) is 3.57. The van der Waals surface area contributed by atoms with Crippen LogP contribution in [0.15, 0.2) is 18.2 Å². The molecule has 0 heterocycles. The lowest BCUT2D eigenvalue weighted by Crippen LogP contribution is -2.20. The fourth-order valence-corrected chi connectivity index (χ4v) is 1.37. The van der Waals surface area contributed by atoms with Crippen molar-refractivity contribution in [3.63, 3.8) is 0 Å². The fourth-order valence-electron chi connectivity index (χ4n) is 1.31. The average molecular weight is 242 g/mol. The van der Waals surface area contributed by atoms with E-state index in [1.165, 1.54) is 0 Å². The number of benzene rings is 1. The standard InChI is InChI=1S/C12H16ClNO2/c1-4-16-11-6-8(2)5-10(7-11)14-12(15)9(3)13/h5-7,9H,4H2,1-3H3,(H,14,15). The van der Waals surface area contributed by atoms with E-state index >= 15 is 0 Å². The van der Waals surface area contributed by atoms with Crippen LogP contribution in [0.25, 0.3) is 0 Å². The van der Waals surface area contributed by atoms with Crippen molar-refractivity contribution in [2.75, 3.05) is 11.9 Å². The van der Waals surface area contributed by atoms with E-state index in [1.54, 1.807) is 13.0 Å². The molecule has 0 aliphatic heterocycles. The third-order valence-electron chi connectivity index (χ3n) is 1.99. The third kappa shape index (κ3) is 3.74. The van der Waals surface area contributed by atoms with E-state index < -0.39 is 5.38 Å². The van der Waals surface area contributed by atoms with Crippen molar-refractivity contribution < 1.29 is 9.53 Å². The van der Waals surface area contributed by atoms with E-state index in [9.17, 15) is 4.79 Å². The molecule has 0 saturated heterocycles. The van der Waals surface area contributed by atoms with Gasteiger partial charge in [-0.1, -0.05) is 0 Å². The first-order chi connectivity index (χ1) is 7.52. The molecule has 3 nitrogen and oxygen atoms in total. The van der Waals surface area contributed by atoms with Crippen LogP contribution in [0.4, 0.5) is 5.69 Å². The highest BCUT2D eigenvalue weighted by Crippen LogP contribution is 2.21. The fraction of sp³-hybridized carbons (Fsp3) is 0.417. The molecule has 1 atom stereocenters. The Bertz CT molecular complexity index is 377. The van der Waals surface area contributed by atoms with Gasteiger partial charge in [0.1, 0.15) is 11.1 Å². The number of carbonyl (C=O) groups excluding carboxylic acids is 1. The Morgan fingerprint density at radius 3 is 2.75 bits per heavy atom. The van der Waals surface area contributed by atoms with Gasteiger partial charge < -0.3 is 10.1 Å². The third-order valence-corrected chi connectivity index (χ3v) is 2.19. The van der Waals surface area contributed by atoms with Crippen molar-refractivity contribution in [2.45, 2.75) is 26.1 Å². The molecule has 1 aromatic carbocycles. The zero-order chi connectivity index (χ0) is 12.1. The second-order valence-corrected chi connectivity index (χ2v) is 4.23. The minimum Gasteiger partial charge on any atom is -0.494 e. The van der Waals surface area contributed by atoms with Gasteiger partial charge in [-0.25, -0.2) is 0 Å². The van der Waals surface area contributed by atoms with E-state index in [1.807, 2.05) is 26.0 Å². The first-order valence-corrected chi connectivity index (χ1v) is 5.66. The first kappa shape index (κ1) is 12.8.